The minimum Gasteiger partial charge on any atom is -0.507 e. The van der Waals surface area contributed by atoms with Crippen LogP contribution in [0.25, 0.3) is 11.4 Å². The van der Waals surface area contributed by atoms with Crippen molar-refractivity contribution in [1.82, 2.24) is 24.9 Å². The van der Waals surface area contributed by atoms with Crippen LogP contribution in [0.1, 0.15) is 10.4 Å². The summed E-state index contributed by atoms with van der Waals surface area (Å²) in [4.78, 5) is 12.8. The van der Waals surface area contributed by atoms with Crippen molar-refractivity contribution in [2.75, 3.05) is 31.6 Å². The van der Waals surface area contributed by atoms with E-state index < -0.39 is 15.9 Å². The van der Waals surface area contributed by atoms with E-state index in [9.17, 15) is 18.3 Å². The molecule has 2 heterocycles. The summed E-state index contributed by atoms with van der Waals surface area (Å²) < 4.78 is 32.3. The number of aromatic nitrogens is 4. The van der Waals surface area contributed by atoms with E-state index in [4.69, 9.17) is 16.3 Å². The van der Waals surface area contributed by atoms with E-state index in [1.54, 1.807) is 12.1 Å². The molecule has 2 aromatic carbocycles. The second-order valence-electron chi connectivity index (χ2n) is 6.57. The highest BCUT2D eigenvalue weighted by molar-refractivity contribution is 7.89. The molecule has 0 radical (unpaired) electrons. The van der Waals surface area contributed by atoms with Crippen LogP contribution in [0.5, 0.6) is 5.75 Å². The van der Waals surface area contributed by atoms with Gasteiger partial charge < -0.3 is 15.2 Å². The van der Waals surface area contributed by atoms with Gasteiger partial charge in [0.05, 0.1) is 29.4 Å². The first-order chi connectivity index (χ1) is 14.9. The lowest BCUT2D eigenvalue weighted by Gasteiger charge is -2.26. The SMILES string of the molecule is O=C(Nc1cc(Cl)ccc1-c1nn[nH]n1)c1cc(S(=O)(=O)N2CCOCC2)ccc1O. The Hall–Kier alpha value is -3.06. The van der Waals surface area contributed by atoms with Gasteiger partial charge in [-0.1, -0.05) is 11.6 Å². The molecule has 3 N–H and O–H groups in total. The third kappa shape index (κ3) is 4.37. The van der Waals surface area contributed by atoms with Crippen molar-refractivity contribution in [2.45, 2.75) is 4.90 Å². The van der Waals surface area contributed by atoms with Crippen molar-refractivity contribution >= 4 is 33.2 Å². The summed E-state index contributed by atoms with van der Waals surface area (Å²) in [7, 11) is -3.85. The molecule has 11 nitrogen and oxygen atoms in total. The second-order valence-corrected chi connectivity index (χ2v) is 8.95. The molecule has 1 amide bonds. The fourth-order valence-corrected chi connectivity index (χ4v) is 4.68. The van der Waals surface area contributed by atoms with E-state index >= 15 is 0 Å². The van der Waals surface area contributed by atoms with Gasteiger partial charge in [-0.15, -0.1) is 10.2 Å². The van der Waals surface area contributed by atoms with Gasteiger partial charge in [0.1, 0.15) is 5.75 Å². The van der Waals surface area contributed by atoms with Gasteiger partial charge in [-0.25, -0.2) is 8.42 Å². The van der Waals surface area contributed by atoms with Crippen LogP contribution < -0.4 is 5.32 Å². The maximum Gasteiger partial charge on any atom is 0.259 e. The van der Waals surface area contributed by atoms with Gasteiger partial charge in [-0.3, -0.25) is 4.79 Å². The number of nitrogens with zero attached hydrogens (tertiary/aromatic N) is 4. The van der Waals surface area contributed by atoms with Gasteiger partial charge in [-0.05, 0) is 41.6 Å². The maximum absolute atomic E-state index is 12.9. The molecule has 13 heteroatoms. The molecule has 0 aliphatic carbocycles. The standard InChI is InChI=1S/C18H17ClN6O5S/c19-11-1-3-13(17-21-23-24-22-17)15(9-11)20-18(27)14-10-12(2-4-16(14)26)31(28,29)25-5-7-30-8-6-25/h1-4,9-10,26H,5-8H2,(H,20,27)(H,21,22,23,24). The van der Waals surface area contributed by atoms with Crippen molar-refractivity contribution < 1.29 is 23.1 Å². The number of aromatic amines is 1. The number of H-pyrrole nitrogens is 1. The molecule has 0 bridgehead atoms. The third-order valence-electron chi connectivity index (χ3n) is 4.64. The molecule has 1 aromatic heterocycles. The minimum absolute atomic E-state index is 0.109. The summed E-state index contributed by atoms with van der Waals surface area (Å²) in [6.45, 7) is 0.999. The Morgan fingerprint density at radius 2 is 1.97 bits per heavy atom. The molecule has 1 fully saturated rings. The average molecular weight is 465 g/mol. The van der Waals surface area contributed by atoms with Gasteiger partial charge in [0.15, 0.2) is 0 Å². The largest absolute Gasteiger partial charge is 0.507 e. The maximum atomic E-state index is 12.9. The zero-order valence-corrected chi connectivity index (χ0v) is 17.5. The molecule has 0 saturated carbocycles. The van der Waals surface area contributed by atoms with Crippen LogP contribution >= 0.6 is 11.6 Å². The number of hydrogen-bond donors (Lipinski definition) is 3. The highest BCUT2D eigenvalue weighted by Crippen LogP contribution is 2.30. The summed E-state index contributed by atoms with van der Waals surface area (Å²) in [5.41, 5.74) is 0.483. The summed E-state index contributed by atoms with van der Waals surface area (Å²) >= 11 is 6.05. The molecule has 1 aliphatic heterocycles. The number of phenols is 1. The smallest absolute Gasteiger partial charge is 0.259 e. The molecule has 3 aromatic rings. The highest BCUT2D eigenvalue weighted by atomic mass is 35.5. The quantitative estimate of drug-likeness (QED) is 0.514. The number of amides is 1. The topological polar surface area (TPSA) is 150 Å². The van der Waals surface area contributed by atoms with Crippen molar-refractivity contribution in [3.05, 3.63) is 47.0 Å². The van der Waals surface area contributed by atoms with E-state index in [1.807, 2.05) is 0 Å². The van der Waals surface area contributed by atoms with Crippen LogP contribution in [-0.2, 0) is 14.8 Å². The number of aromatic hydroxyl groups is 1. The number of rotatable bonds is 5. The lowest BCUT2D eigenvalue weighted by molar-refractivity contribution is 0.0730. The van der Waals surface area contributed by atoms with Gasteiger partial charge in [0, 0.05) is 23.7 Å². The van der Waals surface area contributed by atoms with Crippen LogP contribution in [0, 0.1) is 0 Å². The van der Waals surface area contributed by atoms with Gasteiger partial charge >= 0.3 is 0 Å². The Morgan fingerprint density at radius 3 is 2.68 bits per heavy atom. The third-order valence-corrected chi connectivity index (χ3v) is 6.77. The number of benzene rings is 2. The number of phenolic OH excluding ortho intramolecular Hbond substituents is 1. The fourth-order valence-electron chi connectivity index (χ4n) is 3.07. The zero-order valence-electron chi connectivity index (χ0n) is 15.9. The number of carbonyl (C=O) groups excluding carboxylic acids is 1. The van der Waals surface area contributed by atoms with Crippen molar-refractivity contribution in [1.29, 1.82) is 0 Å². The molecular formula is C18H17ClN6O5S. The Morgan fingerprint density at radius 1 is 1.19 bits per heavy atom. The van der Waals surface area contributed by atoms with Crippen molar-refractivity contribution in [3.8, 4) is 17.1 Å². The first kappa shape index (κ1) is 21.2. The van der Waals surface area contributed by atoms with E-state index in [-0.39, 0.29) is 54.0 Å². The van der Waals surface area contributed by atoms with Gasteiger partial charge in [-0.2, -0.15) is 9.52 Å². The number of hydrogen-bond acceptors (Lipinski definition) is 8. The van der Waals surface area contributed by atoms with Gasteiger partial charge in [0.25, 0.3) is 5.91 Å². The number of halogens is 1. The van der Waals surface area contributed by atoms with E-state index in [0.29, 0.717) is 10.6 Å². The summed E-state index contributed by atoms with van der Waals surface area (Å²) in [5.74, 6) is -0.884. The summed E-state index contributed by atoms with van der Waals surface area (Å²) in [6, 6.07) is 8.23. The molecular weight excluding hydrogens is 448 g/mol. The number of nitrogens with one attached hydrogen (secondary N) is 2. The Bertz CT molecular complexity index is 1210. The summed E-state index contributed by atoms with van der Waals surface area (Å²) in [5, 5.41) is 26.8. The van der Waals surface area contributed by atoms with Crippen LogP contribution in [0.4, 0.5) is 5.69 Å². The number of carbonyl (C=O) groups is 1. The molecule has 0 unspecified atom stereocenters. The lowest BCUT2D eigenvalue weighted by Crippen LogP contribution is -2.40. The number of ether oxygens (including phenoxy) is 1. The van der Waals surface area contributed by atoms with Crippen molar-refractivity contribution in [2.24, 2.45) is 0 Å². The molecule has 0 spiro atoms. The van der Waals surface area contributed by atoms with Crippen LogP contribution in [0.2, 0.25) is 5.02 Å². The van der Waals surface area contributed by atoms with Crippen molar-refractivity contribution in [3.63, 3.8) is 0 Å². The number of tetrazole rings is 1. The second kappa shape index (κ2) is 8.59. The molecule has 162 valence electrons. The number of morpholine rings is 1. The Labute approximate surface area is 182 Å². The average Bonchev–Trinajstić information content (AvgIpc) is 3.29. The normalized spacial score (nSPS) is 15.0. The molecule has 4 rings (SSSR count). The first-order valence-corrected chi connectivity index (χ1v) is 10.9. The number of sulfonamides is 1. The van der Waals surface area contributed by atoms with Gasteiger partial charge in [0.2, 0.25) is 15.8 Å². The monoisotopic (exact) mass is 464 g/mol. The first-order valence-electron chi connectivity index (χ1n) is 9.12. The van der Waals surface area contributed by atoms with E-state index in [1.165, 1.54) is 22.5 Å². The molecule has 0 atom stereocenters. The number of anilines is 1. The van der Waals surface area contributed by atoms with E-state index in [0.717, 1.165) is 6.07 Å². The minimum atomic E-state index is -3.85. The predicted octanol–water partition coefficient (Wildman–Crippen LogP) is 1.50. The Balaban J connectivity index is 1.66. The summed E-state index contributed by atoms with van der Waals surface area (Å²) in [6.07, 6.45) is 0. The fraction of sp³-hybridized carbons (Fsp3) is 0.222. The lowest BCUT2D eigenvalue weighted by atomic mass is 10.1. The molecule has 1 aliphatic rings. The van der Waals surface area contributed by atoms with Crippen LogP contribution in [0.3, 0.4) is 0 Å². The van der Waals surface area contributed by atoms with E-state index in [2.05, 4.69) is 25.9 Å². The zero-order chi connectivity index (χ0) is 22.0. The predicted molar refractivity (Wildman–Crippen MR) is 110 cm³/mol. The molecule has 31 heavy (non-hydrogen) atoms. The highest BCUT2D eigenvalue weighted by Gasteiger charge is 2.28. The molecule has 1 saturated heterocycles. The van der Waals surface area contributed by atoms with Crippen LogP contribution in [-0.4, -0.2) is 70.7 Å². The Kier molecular flexibility index (Phi) is 5.87. The van der Waals surface area contributed by atoms with Crippen LogP contribution in [0.15, 0.2) is 41.3 Å².